The summed E-state index contributed by atoms with van der Waals surface area (Å²) < 4.78 is 4.72. The molecule has 4 N–H and O–H groups in total. The van der Waals surface area contributed by atoms with Gasteiger partial charge in [0.1, 0.15) is 11.9 Å². The van der Waals surface area contributed by atoms with Crippen LogP contribution < -0.4 is 10.6 Å². The minimum Gasteiger partial charge on any atom is -0.453 e. The van der Waals surface area contributed by atoms with E-state index in [1.54, 1.807) is 6.33 Å². The molecule has 9 heteroatoms. The zero-order valence-electron chi connectivity index (χ0n) is 25.6. The second kappa shape index (κ2) is 11.7. The van der Waals surface area contributed by atoms with E-state index in [0.29, 0.717) is 0 Å². The molecular formula is C36H36N6O3. The van der Waals surface area contributed by atoms with Crippen molar-refractivity contribution in [1.82, 2.24) is 30.6 Å². The molecule has 2 amide bonds. The fraction of sp³-hybridized carbons (Fsp3) is 0.278. The Morgan fingerprint density at radius 3 is 2.36 bits per heavy atom. The van der Waals surface area contributed by atoms with Crippen LogP contribution in [-0.2, 0) is 9.53 Å². The zero-order chi connectivity index (χ0) is 31.1. The van der Waals surface area contributed by atoms with Gasteiger partial charge < -0.3 is 25.3 Å². The van der Waals surface area contributed by atoms with Crippen molar-refractivity contribution in [3.63, 3.8) is 0 Å². The lowest BCUT2D eigenvalue weighted by Crippen LogP contribution is -2.52. The Balaban J connectivity index is 1.09. The van der Waals surface area contributed by atoms with Crippen molar-refractivity contribution in [2.24, 2.45) is 5.92 Å². The topological polar surface area (TPSA) is 125 Å². The third-order valence-corrected chi connectivity index (χ3v) is 9.06. The highest BCUT2D eigenvalue weighted by Gasteiger charge is 2.35. The van der Waals surface area contributed by atoms with Crippen molar-refractivity contribution in [3.05, 3.63) is 84.9 Å². The maximum atomic E-state index is 13.1. The molecule has 2 heterocycles. The van der Waals surface area contributed by atoms with Crippen LogP contribution in [0.3, 0.4) is 0 Å². The van der Waals surface area contributed by atoms with Crippen LogP contribution in [0.2, 0.25) is 0 Å². The number of aromatic amines is 2. The minimum atomic E-state index is -0.669. The van der Waals surface area contributed by atoms with E-state index in [-0.39, 0.29) is 23.8 Å². The van der Waals surface area contributed by atoms with Crippen molar-refractivity contribution in [2.75, 3.05) is 7.11 Å². The summed E-state index contributed by atoms with van der Waals surface area (Å²) >= 11 is 0. The summed E-state index contributed by atoms with van der Waals surface area (Å²) in [5.41, 5.74) is 8.46. The molecule has 1 aliphatic carbocycles. The van der Waals surface area contributed by atoms with Gasteiger partial charge in [0.25, 0.3) is 0 Å². The fourth-order valence-corrected chi connectivity index (χ4v) is 6.62. The number of hydrogen-bond acceptors (Lipinski definition) is 5. The molecule has 0 saturated heterocycles. The fourth-order valence-electron chi connectivity index (χ4n) is 6.62. The lowest BCUT2D eigenvalue weighted by Gasteiger charge is -2.25. The first-order valence-corrected chi connectivity index (χ1v) is 15.5. The molecule has 7 rings (SSSR count). The highest BCUT2D eigenvalue weighted by atomic mass is 16.5. The van der Waals surface area contributed by atoms with Crippen LogP contribution in [0.1, 0.15) is 44.9 Å². The van der Waals surface area contributed by atoms with E-state index >= 15 is 0 Å². The lowest BCUT2D eigenvalue weighted by atomic mass is 9.98. The van der Waals surface area contributed by atoms with E-state index in [1.165, 1.54) is 23.4 Å². The average molecular weight is 601 g/mol. The molecule has 45 heavy (non-hydrogen) atoms. The summed E-state index contributed by atoms with van der Waals surface area (Å²) in [6.07, 6.45) is 3.90. The number of nitrogens with one attached hydrogen (secondary N) is 4. The Labute approximate surface area is 260 Å². The van der Waals surface area contributed by atoms with Crippen LogP contribution in [0.4, 0.5) is 4.79 Å². The van der Waals surface area contributed by atoms with Gasteiger partial charge in [-0.25, -0.2) is 14.8 Å². The molecule has 6 aromatic rings. The number of hydrogen-bond donors (Lipinski definition) is 4. The van der Waals surface area contributed by atoms with E-state index in [2.05, 4.69) is 92.3 Å². The van der Waals surface area contributed by atoms with E-state index in [9.17, 15) is 9.59 Å². The molecular weight excluding hydrogens is 564 g/mol. The lowest BCUT2D eigenvalue weighted by molar-refractivity contribution is -0.124. The third-order valence-electron chi connectivity index (χ3n) is 9.06. The molecule has 2 aromatic heterocycles. The minimum absolute atomic E-state index is 0.0635. The van der Waals surface area contributed by atoms with Gasteiger partial charge in [-0.15, -0.1) is 0 Å². The molecule has 1 fully saturated rings. The molecule has 0 spiro atoms. The van der Waals surface area contributed by atoms with Gasteiger partial charge in [0.05, 0.1) is 35.5 Å². The molecule has 0 aliphatic heterocycles. The number of fused-ring (bicyclic) bond motifs is 4. The number of methoxy groups -OCH3 is 1. The van der Waals surface area contributed by atoms with Crippen LogP contribution in [0, 0.1) is 5.92 Å². The average Bonchev–Trinajstić information content (AvgIpc) is 3.82. The summed E-state index contributed by atoms with van der Waals surface area (Å²) in [7, 11) is 1.30. The predicted octanol–water partition coefficient (Wildman–Crippen LogP) is 7.06. The summed E-state index contributed by atoms with van der Waals surface area (Å²) in [5.74, 6) is 0.671. The molecule has 1 aliphatic rings. The first-order valence-electron chi connectivity index (χ1n) is 15.5. The number of rotatable bonds is 7. The van der Waals surface area contributed by atoms with Crippen LogP contribution in [-0.4, -0.2) is 51.1 Å². The van der Waals surface area contributed by atoms with Gasteiger partial charge in [0.15, 0.2) is 0 Å². The summed E-state index contributed by atoms with van der Waals surface area (Å²) in [6.45, 7) is 3.80. The quantitative estimate of drug-likeness (QED) is 0.156. The number of benzene rings is 4. The number of alkyl carbamates (subject to hydrolysis) is 1. The Kier molecular flexibility index (Phi) is 7.45. The number of amides is 2. The first kappa shape index (κ1) is 28.6. The summed E-state index contributed by atoms with van der Waals surface area (Å²) in [4.78, 5) is 41.0. The number of H-pyrrole nitrogens is 2. The number of carbonyl (C=O) groups excluding carboxylic acids is 2. The monoisotopic (exact) mass is 600 g/mol. The molecule has 3 atom stereocenters. The summed E-state index contributed by atoms with van der Waals surface area (Å²) in [6, 6.07) is 24.9. The number of carbonyl (C=O) groups is 2. The second-order valence-electron chi connectivity index (χ2n) is 12.2. The van der Waals surface area contributed by atoms with E-state index in [4.69, 9.17) is 9.72 Å². The third kappa shape index (κ3) is 5.50. The Morgan fingerprint density at radius 2 is 1.60 bits per heavy atom. The van der Waals surface area contributed by atoms with E-state index < -0.39 is 12.1 Å². The van der Waals surface area contributed by atoms with Gasteiger partial charge in [0.2, 0.25) is 5.91 Å². The number of nitrogens with zero attached hydrogens (tertiary/aromatic N) is 2. The smallest absolute Gasteiger partial charge is 0.407 e. The van der Waals surface area contributed by atoms with Crippen LogP contribution >= 0.6 is 0 Å². The van der Waals surface area contributed by atoms with Crippen molar-refractivity contribution >= 4 is 44.8 Å². The highest BCUT2D eigenvalue weighted by Crippen LogP contribution is 2.35. The van der Waals surface area contributed by atoms with Crippen molar-refractivity contribution in [3.8, 4) is 22.3 Å². The summed E-state index contributed by atoms with van der Waals surface area (Å²) in [5, 5.41) is 8.19. The van der Waals surface area contributed by atoms with Crippen molar-refractivity contribution in [2.45, 2.75) is 51.1 Å². The standard InChI is InChI=1S/C36H36N6O3/c1-20(2)32(42-36(44)45-3)35(43)41-28-6-4-5-27(28)34-39-29-15-12-24(18-31(29)40-34)22-9-7-21(8-10-22)23-11-14-26-25(17-23)13-16-30-33(26)38-19-37-30/h7-20,27-28,32H,4-6H2,1-3H3,(H,37,38)(H,39,40)(H,41,43)(H,42,44)/t27-,28?,32-/m0/s1. The maximum Gasteiger partial charge on any atom is 0.407 e. The van der Waals surface area contributed by atoms with Gasteiger partial charge in [-0.1, -0.05) is 68.8 Å². The SMILES string of the molecule is COC(=O)N[C@H](C(=O)NC1CCC[C@@H]1c1nc2ccc(-c3ccc(-c4ccc5c(ccc6nc[nH]c65)c4)cc3)cc2[nH]1)C(C)C. The largest absolute Gasteiger partial charge is 0.453 e. The van der Waals surface area contributed by atoms with Gasteiger partial charge in [-0.05, 0) is 70.7 Å². The van der Waals surface area contributed by atoms with Gasteiger partial charge in [-0.3, -0.25) is 4.79 Å². The molecule has 9 nitrogen and oxygen atoms in total. The van der Waals surface area contributed by atoms with Crippen LogP contribution in [0.5, 0.6) is 0 Å². The molecule has 0 radical (unpaired) electrons. The number of imidazole rings is 2. The zero-order valence-corrected chi connectivity index (χ0v) is 25.6. The first-order chi connectivity index (χ1) is 21.9. The molecule has 4 aromatic carbocycles. The van der Waals surface area contributed by atoms with E-state index in [1.807, 2.05) is 19.9 Å². The molecule has 1 unspecified atom stereocenters. The predicted molar refractivity (Wildman–Crippen MR) is 177 cm³/mol. The number of ether oxygens (including phenoxy) is 1. The van der Waals surface area contributed by atoms with E-state index in [0.717, 1.165) is 63.8 Å². The number of aromatic nitrogens is 4. The van der Waals surface area contributed by atoms with Crippen LogP contribution in [0.25, 0.3) is 55.1 Å². The molecule has 228 valence electrons. The highest BCUT2D eigenvalue weighted by molar-refractivity contribution is 6.05. The molecule has 1 saturated carbocycles. The normalized spacial score (nSPS) is 17.2. The second-order valence-corrected chi connectivity index (χ2v) is 12.2. The van der Waals surface area contributed by atoms with Gasteiger partial charge >= 0.3 is 6.09 Å². The Hall–Kier alpha value is -5.18. The van der Waals surface area contributed by atoms with Crippen LogP contribution in [0.15, 0.2) is 79.1 Å². The van der Waals surface area contributed by atoms with Crippen molar-refractivity contribution in [1.29, 1.82) is 0 Å². The van der Waals surface area contributed by atoms with Gasteiger partial charge in [0, 0.05) is 17.3 Å². The van der Waals surface area contributed by atoms with Crippen molar-refractivity contribution < 1.29 is 14.3 Å². The van der Waals surface area contributed by atoms with Gasteiger partial charge in [-0.2, -0.15) is 0 Å². The molecule has 0 bridgehead atoms. The maximum absolute atomic E-state index is 13.1. The Morgan fingerprint density at radius 1 is 0.889 bits per heavy atom. The Bertz CT molecular complexity index is 2030.